The van der Waals surface area contributed by atoms with E-state index in [1.165, 1.54) is 0 Å². The number of nitrogens with one attached hydrogen (secondary N) is 2. The Hall–Kier alpha value is -2.37. The molecule has 3 amide bonds. The van der Waals surface area contributed by atoms with E-state index in [0.717, 1.165) is 36.9 Å². The monoisotopic (exact) mass is 331 g/mol. The number of carbonyl (C=O) groups is 3. The van der Waals surface area contributed by atoms with Crippen molar-refractivity contribution in [2.24, 2.45) is 0 Å². The molecule has 0 spiro atoms. The summed E-state index contributed by atoms with van der Waals surface area (Å²) in [6.45, 7) is 2.56. The average Bonchev–Trinajstić information content (AvgIpc) is 2.78. The van der Waals surface area contributed by atoms with Gasteiger partial charge in [0, 0.05) is 18.7 Å². The van der Waals surface area contributed by atoms with Gasteiger partial charge in [0.25, 0.3) is 0 Å². The van der Waals surface area contributed by atoms with Crippen molar-refractivity contribution in [3.8, 4) is 0 Å². The van der Waals surface area contributed by atoms with Crippen molar-refractivity contribution in [2.75, 3.05) is 25.0 Å². The predicted octanol–water partition coefficient (Wildman–Crippen LogP) is 1.71. The fourth-order valence-electron chi connectivity index (χ4n) is 2.76. The minimum Gasteiger partial charge on any atom is -0.345 e. The van der Waals surface area contributed by atoms with Crippen LogP contribution in [-0.2, 0) is 20.8 Å². The van der Waals surface area contributed by atoms with E-state index in [9.17, 15) is 14.4 Å². The van der Waals surface area contributed by atoms with Crippen molar-refractivity contribution in [1.29, 1.82) is 0 Å². The van der Waals surface area contributed by atoms with Crippen LogP contribution in [-0.4, -0.2) is 42.3 Å². The van der Waals surface area contributed by atoms with E-state index in [4.69, 9.17) is 0 Å². The molecule has 1 fully saturated rings. The first-order chi connectivity index (χ1) is 11.6. The van der Waals surface area contributed by atoms with Crippen LogP contribution < -0.4 is 10.6 Å². The van der Waals surface area contributed by atoms with Crippen molar-refractivity contribution >= 4 is 23.4 Å². The van der Waals surface area contributed by atoms with Gasteiger partial charge in [-0.2, -0.15) is 0 Å². The molecule has 1 heterocycles. The Balaban J connectivity index is 1.78. The third kappa shape index (κ3) is 5.37. The molecule has 0 aromatic heterocycles. The summed E-state index contributed by atoms with van der Waals surface area (Å²) in [5.74, 6) is -0.556. The van der Waals surface area contributed by atoms with Gasteiger partial charge in [-0.1, -0.05) is 31.5 Å². The molecule has 0 aliphatic carbocycles. The lowest BCUT2D eigenvalue weighted by atomic mass is 10.1. The number of rotatable bonds is 6. The Morgan fingerprint density at radius 3 is 2.71 bits per heavy atom. The van der Waals surface area contributed by atoms with Crippen LogP contribution in [0.25, 0.3) is 0 Å². The van der Waals surface area contributed by atoms with Gasteiger partial charge in [-0.15, -0.1) is 0 Å². The van der Waals surface area contributed by atoms with Crippen molar-refractivity contribution in [1.82, 2.24) is 10.2 Å². The Kier molecular flexibility index (Phi) is 6.78. The summed E-state index contributed by atoms with van der Waals surface area (Å²) in [7, 11) is 0. The summed E-state index contributed by atoms with van der Waals surface area (Å²) in [6, 6.07) is 7.58. The second-order valence-corrected chi connectivity index (χ2v) is 5.96. The van der Waals surface area contributed by atoms with Gasteiger partial charge in [0.05, 0.1) is 13.1 Å². The lowest BCUT2D eigenvalue weighted by molar-refractivity contribution is -0.135. The summed E-state index contributed by atoms with van der Waals surface area (Å²) >= 11 is 0. The Labute approximate surface area is 142 Å². The molecule has 1 saturated heterocycles. The summed E-state index contributed by atoms with van der Waals surface area (Å²) in [5, 5.41) is 5.39. The molecule has 2 N–H and O–H groups in total. The second-order valence-electron chi connectivity index (χ2n) is 5.96. The summed E-state index contributed by atoms with van der Waals surface area (Å²) in [6.07, 6.45) is 4.15. The molecule has 0 saturated carbocycles. The number of para-hydroxylation sites is 1. The zero-order valence-electron chi connectivity index (χ0n) is 14.1. The summed E-state index contributed by atoms with van der Waals surface area (Å²) in [4.78, 5) is 37.4. The predicted molar refractivity (Wildman–Crippen MR) is 92.5 cm³/mol. The van der Waals surface area contributed by atoms with Gasteiger partial charge in [0.1, 0.15) is 0 Å². The second kappa shape index (κ2) is 9.05. The minimum absolute atomic E-state index is 0.0176. The number of likely N-dealkylation sites (tertiary alicyclic amines) is 1. The van der Waals surface area contributed by atoms with E-state index >= 15 is 0 Å². The normalized spacial score (nSPS) is 14.9. The molecule has 2 rings (SSSR count). The maximum absolute atomic E-state index is 12.0. The summed E-state index contributed by atoms with van der Waals surface area (Å²) in [5.41, 5.74) is 1.81. The number of carbonyl (C=O) groups excluding carboxylic acids is 3. The van der Waals surface area contributed by atoms with Crippen LogP contribution in [0.15, 0.2) is 24.3 Å². The number of amides is 3. The zero-order chi connectivity index (χ0) is 17.4. The smallest absolute Gasteiger partial charge is 0.243 e. The van der Waals surface area contributed by atoms with Gasteiger partial charge >= 0.3 is 0 Å². The van der Waals surface area contributed by atoms with Crippen LogP contribution >= 0.6 is 0 Å². The zero-order valence-corrected chi connectivity index (χ0v) is 14.1. The number of anilines is 1. The topological polar surface area (TPSA) is 78.5 Å². The van der Waals surface area contributed by atoms with Gasteiger partial charge < -0.3 is 15.5 Å². The largest absolute Gasteiger partial charge is 0.345 e. The number of nitrogens with zero attached hydrogens (tertiary/aromatic N) is 1. The maximum atomic E-state index is 12.0. The third-order valence-corrected chi connectivity index (χ3v) is 4.12. The molecule has 0 atom stereocenters. The molecular formula is C18H25N3O3. The Morgan fingerprint density at radius 1 is 1.12 bits per heavy atom. The van der Waals surface area contributed by atoms with Crippen LogP contribution in [0.2, 0.25) is 0 Å². The van der Waals surface area contributed by atoms with Gasteiger partial charge in [-0.25, -0.2) is 0 Å². The fourth-order valence-corrected chi connectivity index (χ4v) is 2.76. The molecule has 6 heteroatoms. The van der Waals surface area contributed by atoms with Crippen molar-refractivity contribution in [2.45, 2.75) is 39.0 Å². The number of hydrogen-bond donors (Lipinski definition) is 2. The number of hydrogen-bond acceptors (Lipinski definition) is 3. The van der Waals surface area contributed by atoms with Gasteiger partial charge in [0.2, 0.25) is 17.7 Å². The lowest BCUT2D eigenvalue weighted by Crippen LogP contribution is -2.42. The van der Waals surface area contributed by atoms with Gasteiger partial charge in [-0.3, -0.25) is 14.4 Å². The molecule has 0 unspecified atom stereocenters. The first-order valence-corrected chi connectivity index (χ1v) is 8.52. The first kappa shape index (κ1) is 18.0. The van der Waals surface area contributed by atoms with E-state index in [2.05, 4.69) is 10.6 Å². The molecule has 1 aromatic carbocycles. The van der Waals surface area contributed by atoms with E-state index in [1.54, 1.807) is 4.90 Å². The Morgan fingerprint density at radius 2 is 1.92 bits per heavy atom. The van der Waals surface area contributed by atoms with Crippen LogP contribution in [0, 0.1) is 0 Å². The molecule has 1 aromatic rings. The third-order valence-electron chi connectivity index (χ3n) is 4.12. The van der Waals surface area contributed by atoms with Crippen molar-refractivity contribution in [3.63, 3.8) is 0 Å². The van der Waals surface area contributed by atoms with Crippen LogP contribution in [0.3, 0.4) is 0 Å². The molecule has 24 heavy (non-hydrogen) atoms. The minimum atomic E-state index is -0.302. The highest BCUT2D eigenvalue weighted by atomic mass is 16.2. The van der Waals surface area contributed by atoms with Crippen LogP contribution in [0.5, 0.6) is 0 Å². The number of aryl methyl sites for hydroxylation is 1. The lowest BCUT2D eigenvalue weighted by Gasteiger charge is -2.19. The molecule has 1 aliphatic rings. The SMILES string of the molecule is CCc1ccccc1NC(=O)CNC(=O)CN1CCCCCC1=O. The molecular weight excluding hydrogens is 306 g/mol. The highest BCUT2D eigenvalue weighted by Crippen LogP contribution is 2.15. The molecule has 0 bridgehead atoms. The van der Waals surface area contributed by atoms with E-state index in [-0.39, 0.29) is 30.8 Å². The molecule has 0 radical (unpaired) electrons. The van der Waals surface area contributed by atoms with Crippen molar-refractivity contribution < 1.29 is 14.4 Å². The van der Waals surface area contributed by atoms with Gasteiger partial charge in [0.15, 0.2) is 0 Å². The van der Waals surface area contributed by atoms with E-state index in [1.807, 2.05) is 31.2 Å². The highest BCUT2D eigenvalue weighted by molar-refractivity contribution is 5.95. The van der Waals surface area contributed by atoms with Gasteiger partial charge in [-0.05, 0) is 30.9 Å². The summed E-state index contributed by atoms with van der Waals surface area (Å²) < 4.78 is 0. The maximum Gasteiger partial charge on any atom is 0.243 e. The highest BCUT2D eigenvalue weighted by Gasteiger charge is 2.19. The van der Waals surface area contributed by atoms with E-state index < -0.39 is 0 Å². The molecule has 6 nitrogen and oxygen atoms in total. The van der Waals surface area contributed by atoms with E-state index in [0.29, 0.717) is 13.0 Å². The van der Waals surface area contributed by atoms with Crippen molar-refractivity contribution in [3.05, 3.63) is 29.8 Å². The van der Waals surface area contributed by atoms with Crippen LogP contribution in [0.1, 0.15) is 38.2 Å². The quantitative estimate of drug-likeness (QED) is 0.833. The average molecular weight is 331 g/mol. The standard InChI is InChI=1S/C18H25N3O3/c1-2-14-8-5-6-9-15(14)20-16(22)12-19-17(23)13-21-11-7-3-4-10-18(21)24/h5-6,8-9H,2-4,7,10-13H2,1H3,(H,19,23)(H,20,22). The first-order valence-electron chi connectivity index (χ1n) is 8.52. The molecule has 130 valence electrons. The fraction of sp³-hybridized carbons (Fsp3) is 0.500. The van der Waals surface area contributed by atoms with Crippen LogP contribution in [0.4, 0.5) is 5.69 Å². The molecule has 1 aliphatic heterocycles. The Bertz CT molecular complexity index is 601. The number of benzene rings is 1.